The normalized spacial score (nSPS) is 11.2. The minimum Gasteiger partial charge on any atom is -0.497 e. The van der Waals surface area contributed by atoms with Crippen LogP contribution in [0.25, 0.3) is 0 Å². The molecule has 0 aliphatic heterocycles. The first-order valence-corrected chi connectivity index (χ1v) is 8.46. The van der Waals surface area contributed by atoms with Gasteiger partial charge in [0.1, 0.15) is 11.5 Å². The lowest BCUT2D eigenvalue weighted by Gasteiger charge is -2.19. The van der Waals surface area contributed by atoms with E-state index in [2.05, 4.69) is 5.32 Å². The van der Waals surface area contributed by atoms with Crippen molar-refractivity contribution in [1.29, 1.82) is 0 Å². The third-order valence-electron chi connectivity index (χ3n) is 3.95. The summed E-state index contributed by atoms with van der Waals surface area (Å²) in [6.45, 7) is -0.254. The fraction of sp³-hybridized carbons (Fsp3) is 0.300. The number of ether oxygens (including phenoxy) is 4. The van der Waals surface area contributed by atoms with Crippen LogP contribution in [-0.2, 0) is 9.59 Å². The minimum atomic E-state index is -1.05. The second-order valence-electron chi connectivity index (χ2n) is 5.80. The quantitative estimate of drug-likeness (QED) is 0.643. The number of carboxylic acids is 1. The van der Waals surface area contributed by atoms with E-state index < -0.39 is 17.9 Å². The maximum atomic E-state index is 12.3. The van der Waals surface area contributed by atoms with Crippen LogP contribution in [-0.4, -0.2) is 44.9 Å². The Morgan fingerprint density at radius 1 is 0.929 bits per heavy atom. The van der Waals surface area contributed by atoms with Gasteiger partial charge in [0.25, 0.3) is 5.91 Å². The van der Waals surface area contributed by atoms with E-state index in [4.69, 9.17) is 18.9 Å². The molecule has 0 heterocycles. The Morgan fingerprint density at radius 2 is 1.57 bits per heavy atom. The average molecular weight is 389 g/mol. The van der Waals surface area contributed by atoms with Crippen molar-refractivity contribution in [1.82, 2.24) is 5.32 Å². The number of carboxylic acid groups (broad SMARTS) is 1. The van der Waals surface area contributed by atoms with Crippen molar-refractivity contribution in [2.75, 3.05) is 27.9 Å². The SMILES string of the molecule is COc1ccc(OCC(=O)N[C@H](CC(=O)O)c2ccc(OC)c(OC)c2)cc1. The van der Waals surface area contributed by atoms with Gasteiger partial charge in [-0.3, -0.25) is 9.59 Å². The number of carbonyl (C=O) groups is 2. The smallest absolute Gasteiger partial charge is 0.305 e. The van der Waals surface area contributed by atoms with Gasteiger partial charge in [-0.2, -0.15) is 0 Å². The van der Waals surface area contributed by atoms with Crippen molar-refractivity contribution in [3.8, 4) is 23.0 Å². The zero-order chi connectivity index (χ0) is 20.5. The molecule has 0 unspecified atom stereocenters. The van der Waals surface area contributed by atoms with E-state index >= 15 is 0 Å². The van der Waals surface area contributed by atoms with Crippen molar-refractivity contribution in [2.45, 2.75) is 12.5 Å². The molecule has 0 saturated heterocycles. The molecule has 0 bridgehead atoms. The number of carbonyl (C=O) groups excluding carboxylic acids is 1. The first-order chi connectivity index (χ1) is 13.5. The van der Waals surface area contributed by atoms with Crippen molar-refractivity contribution >= 4 is 11.9 Å². The second-order valence-corrected chi connectivity index (χ2v) is 5.80. The van der Waals surface area contributed by atoms with Crippen LogP contribution in [0.1, 0.15) is 18.0 Å². The molecule has 0 aliphatic carbocycles. The van der Waals surface area contributed by atoms with E-state index in [9.17, 15) is 14.7 Å². The maximum Gasteiger partial charge on any atom is 0.305 e. The highest BCUT2D eigenvalue weighted by molar-refractivity contribution is 5.79. The number of benzene rings is 2. The summed E-state index contributed by atoms with van der Waals surface area (Å²) in [4.78, 5) is 23.5. The van der Waals surface area contributed by atoms with Crippen LogP contribution in [0.4, 0.5) is 0 Å². The molecule has 1 atom stereocenters. The van der Waals surface area contributed by atoms with E-state index in [-0.39, 0.29) is 13.0 Å². The molecule has 8 heteroatoms. The van der Waals surface area contributed by atoms with Crippen LogP contribution >= 0.6 is 0 Å². The van der Waals surface area contributed by atoms with Gasteiger partial charge in [0.2, 0.25) is 0 Å². The van der Waals surface area contributed by atoms with Gasteiger partial charge in [-0.25, -0.2) is 0 Å². The lowest BCUT2D eigenvalue weighted by molar-refractivity contribution is -0.137. The molecule has 0 fully saturated rings. The second kappa shape index (κ2) is 10.1. The molecule has 0 aromatic heterocycles. The summed E-state index contributed by atoms with van der Waals surface area (Å²) in [5, 5.41) is 11.9. The lowest BCUT2D eigenvalue weighted by atomic mass is 10.0. The van der Waals surface area contributed by atoms with Gasteiger partial charge in [0, 0.05) is 0 Å². The van der Waals surface area contributed by atoms with Crippen LogP contribution in [0.15, 0.2) is 42.5 Å². The van der Waals surface area contributed by atoms with Gasteiger partial charge >= 0.3 is 5.97 Å². The summed E-state index contributed by atoms with van der Waals surface area (Å²) in [5.41, 5.74) is 0.581. The van der Waals surface area contributed by atoms with Crippen molar-refractivity contribution in [3.63, 3.8) is 0 Å². The van der Waals surface area contributed by atoms with Crippen molar-refractivity contribution < 1.29 is 33.6 Å². The molecule has 0 radical (unpaired) electrons. The Kier molecular flexibility index (Phi) is 7.50. The number of methoxy groups -OCH3 is 3. The minimum absolute atomic E-state index is 0.254. The summed E-state index contributed by atoms with van der Waals surface area (Å²) < 4.78 is 20.9. The van der Waals surface area contributed by atoms with E-state index in [0.29, 0.717) is 28.6 Å². The molecule has 2 rings (SSSR count). The number of hydrogen-bond donors (Lipinski definition) is 2. The summed E-state index contributed by atoms with van der Waals surface area (Å²) >= 11 is 0. The third-order valence-corrected chi connectivity index (χ3v) is 3.95. The highest BCUT2D eigenvalue weighted by atomic mass is 16.5. The molecule has 1 amide bonds. The molecule has 0 aliphatic rings. The zero-order valence-corrected chi connectivity index (χ0v) is 15.9. The van der Waals surface area contributed by atoms with E-state index in [1.807, 2.05) is 0 Å². The van der Waals surface area contributed by atoms with Gasteiger partial charge in [-0.15, -0.1) is 0 Å². The van der Waals surface area contributed by atoms with Gasteiger partial charge in [0.15, 0.2) is 18.1 Å². The van der Waals surface area contributed by atoms with Gasteiger partial charge in [-0.1, -0.05) is 6.07 Å². The Bertz CT molecular complexity index is 805. The van der Waals surface area contributed by atoms with E-state index in [1.54, 1.807) is 49.6 Å². The van der Waals surface area contributed by atoms with Crippen LogP contribution in [0.3, 0.4) is 0 Å². The summed E-state index contributed by atoms with van der Waals surface area (Å²) in [7, 11) is 4.54. The highest BCUT2D eigenvalue weighted by Gasteiger charge is 2.20. The predicted molar refractivity (Wildman–Crippen MR) is 101 cm³/mol. The third kappa shape index (κ3) is 5.80. The molecule has 2 aromatic carbocycles. The molecule has 0 saturated carbocycles. The average Bonchev–Trinajstić information content (AvgIpc) is 2.71. The topological polar surface area (TPSA) is 103 Å². The number of aliphatic carboxylic acids is 1. The lowest BCUT2D eigenvalue weighted by Crippen LogP contribution is -2.33. The molecule has 0 spiro atoms. The molecule has 2 aromatic rings. The largest absolute Gasteiger partial charge is 0.497 e. The molecular formula is C20H23NO7. The zero-order valence-electron chi connectivity index (χ0n) is 15.9. The number of hydrogen-bond acceptors (Lipinski definition) is 6. The molecular weight excluding hydrogens is 366 g/mol. The Balaban J connectivity index is 2.06. The van der Waals surface area contributed by atoms with Crippen molar-refractivity contribution in [3.05, 3.63) is 48.0 Å². The monoisotopic (exact) mass is 389 g/mol. The van der Waals surface area contributed by atoms with E-state index in [0.717, 1.165) is 0 Å². The molecule has 2 N–H and O–H groups in total. The maximum absolute atomic E-state index is 12.3. The first kappa shape index (κ1) is 20.9. The molecule has 150 valence electrons. The Hall–Kier alpha value is -3.42. The number of nitrogens with one attached hydrogen (secondary N) is 1. The standard InChI is InChI=1S/C20H23NO7/c1-25-14-5-7-15(8-6-14)28-12-19(22)21-16(11-20(23)24)13-4-9-17(26-2)18(10-13)27-3/h4-10,16H,11-12H2,1-3H3,(H,21,22)(H,23,24)/t16-/m1/s1. The number of amides is 1. The Morgan fingerprint density at radius 3 is 2.14 bits per heavy atom. The van der Waals surface area contributed by atoms with Gasteiger partial charge < -0.3 is 29.4 Å². The fourth-order valence-electron chi connectivity index (χ4n) is 2.55. The van der Waals surface area contributed by atoms with Gasteiger partial charge in [-0.05, 0) is 42.0 Å². The summed E-state index contributed by atoms with van der Waals surface area (Å²) in [6.07, 6.45) is -0.288. The summed E-state index contributed by atoms with van der Waals surface area (Å²) in [5.74, 6) is 0.630. The van der Waals surface area contributed by atoms with Crippen LogP contribution < -0.4 is 24.3 Å². The van der Waals surface area contributed by atoms with Crippen LogP contribution in [0.5, 0.6) is 23.0 Å². The fourth-order valence-corrected chi connectivity index (χ4v) is 2.55. The van der Waals surface area contributed by atoms with Crippen molar-refractivity contribution in [2.24, 2.45) is 0 Å². The highest BCUT2D eigenvalue weighted by Crippen LogP contribution is 2.31. The first-order valence-electron chi connectivity index (χ1n) is 8.46. The molecule has 28 heavy (non-hydrogen) atoms. The van der Waals surface area contributed by atoms with Crippen LogP contribution in [0, 0.1) is 0 Å². The number of rotatable bonds is 10. The Labute approximate surface area is 163 Å². The van der Waals surface area contributed by atoms with E-state index in [1.165, 1.54) is 14.2 Å². The summed E-state index contributed by atoms with van der Waals surface area (Å²) in [6, 6.07) is 11.0. The van der Waals surface area contributed by atoms with Crippen LogP contribution in [0.2, 0.25) is 0 Å². The predicted octanol–water partition coefficient (Wildman–Crippen LogP) is 2.42. The molecule has 8 nitrogen and oxygen atoms in total. The van der Waals surface area contributed by atoms with Gasteiger partial charge in [0.05, 0.1) is 33.8 Å².